The highest BCUT2D eigenvalue weighted by molar-refractivity contribution is 7.09. The molecule has 130 valence electrons. The van der Waals surface area contributed by atoms with Crippen LogP contribution in [0.25, 0.3) is 0 Å². The first kappa shape index (κ1) is 17.7. The maximum atomic E-state index is 14.0. The minimum atomic E-state index is -0.448. The van der Waals surface area contributed by atoms with Gasteiger partial charge in [-0.2, -0.15) is 0 Å². The lowest BCUT2D eigenvalue weighted by atomic mass is 10.1. The van der Waals surface area contributed by atoms with Crippen molar-refractivity contribution in [2.75, 3.05) is 0 Å². The molecule has 1 amide bonds. The van der Waals surface area contributed by atoms with E-state index in [1.807, 2.05) is 47.5 Å². The standard InChI is InChI=1S/C19H18ClFN2OS/c1-22-9-3-5-14(22)12-23(13-15-6-4-10-25-15)19(24)11-16-17(20)7-2-8-18(16)21/h2-10H,11-13H2,1H3. The SMILES string of the molecule is Cn1cccc1CN(Cc1cccs1)C(=O)Cc1c(F)cccc1Cl. The first-order valence-electron chi connectivity index (χ1n) is 7.88. The average molecular weight is 377 g/mol. The summed E-state index contributed by atoms with van der Waals surface area (Å²) in [6.45, 7) is 0.958. The van der Waals surface area contributed by atoms with Crippen molar-refractivity contribution in [1.82, 2.24) is 9.47 Å². The Kier molecular flexibility index (Phi) is 5.56. The molecule has 0 bridgehead atoms. The molecule has 0 unspecified atom stereocenters. The topological polar surface area (TPSA) is 25.2 Å². The van der Waals surface area contributed by atoms with Crippen molar-refractivity contribution in [3.63, 3.8) is 0 Å². The first-order chi connectivity index (χ1) is 12.0. The zero-order valence-corrected chi connectivity index (χ0v) is 15.4. The Balaban J connectivity index is 1.82. The highest BCUT2D eigenvalue weighted by atomic mass is 35.5. The highest BCUT2D eigenvalue weighted by Gasteiger charge is 2.19. The van der Waals surface area contributed by atoms with Gasteiger partial charge in [-0.3, -0.25) is 4.79 Å². The predicted octanol–water partition coefficient (Wildman–Crippen LogP) is 4.65. The summed E-state index contributed by atoms with van der Waals surface area (Å²) in [5.41, 5.74) is 1.27. The van der Waals surface area contributed by atoms with Crippen molar-refractivity contribution < 1.29 is 9.18 Å². The van der Waals surface area contributed by atoms with Crippen molar-refractivity contribution in [2.24, 2.45) is 7.05 Å². The van der Waals surface area contributed by atoms with Crippen LogP contribution in [0.3, 0.4) is 0 Å². The Morgan fingerprint density at radius 3 is 2.68 bits per heavy atom. The largest absolute Gasteiger partial charge is 0.353 e. The number of hydrogen-bond donors (Lipinski definition) is 0. The molecule has 25 heavy (non-hydrogen) atoms. The molecule has 0 radical (unpaired) electrons. The van der Waals surface area contributed by atoms with Crippen molar-refractivity contribution in [3.05, 3.63) is 81.0 Å². The third kappa shape index (κ3) is 4.30. The molecule has 0 spiro atoms. The van der Waals surface area contributed by atoms with E-state index in [0.717, 1.165) is 10.6 Å². The van der Waals surface area contributed by atoms with Crippen LogP contribution in [-0.2, 0) is 31.4 Å². The van der Waals surface area contributed by atoms with Gasteiger partial charge in [-0.1, -0.05) is 23.7 Å². The second kappa shape index (κ2) is 7.85. The van der Waals surface area contributed by atoms with Gasteiger partial charge in [-0.25, -0.2) is 4.39 Å². The number of aryl methyl sites for hydroxylation is 1. The van der Waals surface area contributed by atoms with E-state index in [0.29, 0.717) is 13.1 Å². The van der Waals surface area contributed by atoms with Gasteiger partial charge in [0.15, 0.2) is 0 Å². The van der Waals surface area contributed by atoms with Crippen LogP contribution in [0, 0.1) is 5.82 Å². The number of nitrogens with zero attached hydrogens (tertiary/aromatic N) is 2. The fourth-order valence-corrected chi connectivity index (χ4v) is 3.59. The molecule has 3 rings (SSSR count). The van der Waals surface area contributed by atoms with E-state index < -0.39 is 5.82 Å². The van der Waals surface area contributed by atoms with Gasteiger partial charge >= 0.3 is 0 Å². The summed E-state index contributed by atoms with van der Waals surface area (Å²) >= 11 is 7.67. The molecule has 0 aliphatic heterocycles. The number of carbonyl (C=O) groups excluding carboxylic acids is 1. The molecule has 3 nitrogen and oxygen atoms in total. The van der Waals surface area contributed by atoms with Crippen LogP contribution in [0.4, 0.5) is 4.39 Å². The molecule has 0 saturated heterocycles. The van der Waals surface area contributed by atoms with Gasteiger partial charge in [-0.05, 0) is 35.7 Å². The van der Waals surface area contributed by atoms with E-state index in [1.54, 1.807) is 28.4 Å². The molecule has 1 aromatic carbocycles. The summed E-state index contributed by atoms with van der Waals surface area (Å²) in [6, 6.07) is 12.3. The number of carbonyl (C=O) groups is 1. The first-order valence-corrected chi connectivity index (χ1v) is 9.13. The summed E-state index contributed by atoms with van der Waals surface area (Å²) in [4.78, 5) is 15.7. The lowest BCUT2D eigenvalue weighted by Gasteiger charge is -2.23. The molecule has 0 atom stereocenters. The van der Waals surface area contributed by atoms with Crippen LogP contribution < -0.4 is 0 Å². The third-order valence-corrected chi connectivity index (χ3v) is 5.29. The molecular weight excluding hydrogens is 359 g/mol. The number of rotatable bonds is 6. The highest BCUT2D eigenvalue weighted by Crippen LogP contribution is 2.22. The fraction of sp³-hybridized carbons (Fsp3) is 0.211. The molecule has 0 aliphatic rings. The Labute approximate surface area is 155 Å². The molecule has 0 fully saturated rings. The van der Waals surface area contributed by atoms with Crippen molar-refractivity contribution >= 4 is 28.8 Å². The van der Waals surface area contributed by atoms with Gasteiger partial charge in [0.25, 0.3) is 0 Å². The van der Waals surface area contributed by atoms with Gasteiger partial charge in [0, 0.05) is 34.4 Å². The smallest absolute Gasteiger partial charge is 0.227 e. The Bertz CT molecular complexity index is 840. The fourth-order valence-electron chi connectivity index (χ4n) is 2.64. The second-order valence-corrected chi connectivity index (χ2v) is 7.26. The summed E-state index contributed by atoms with van der Waals surface area (Å²) in [7, 11) is 1.94. The van der Waals surface area contributed by atoms with Gasteiger partial charge in [0.05, 0.1) is 19.5 Å². The maximum absolute atomic E-state index is 14.0. The summed E-state index contributed by atoms with van der Waals surface area (Å²) < 4.78 is 16.0. The zero-order chi connectivity index (χ0) is 17.8. The number of aromatic nitrogens is 1. The van der Waals surface area contributed by atoms with Crippen LogP contribution >= 0.6 is 22.9 Å². The molecular formula is C19H18ClFN2OS. The van der Waals surface area contributed by atoms with E-state index in [2.05, 4.69) is 0 Å². The van der Waals surface area contributed by atoms with E-state index in [-0.39, 0.29) is 22.9 Å². The van der Waals surface area contributed by atoms with E-state index in [9.17, 15) is 9.18 Å². The van der Waals surface area contributed by atoms with Crippen molar-refractivity contribution in [2.45, 2.75) is 19.5 Å². The number of thiophene rings is 1. The number of hydrogen-bond acceptors (Lipinski definition) is 2. The Morgan fingerprint density at radius 1 is 1.20 bits per heavy atom. The second-order valence-electron chi connectivity index (χ2n) is 5.82. The summed E-state index contributed by atoms with van der Waals surface area (Å²) in [6.07, 6.45) is 1.89. The van der Waals surface area contributed by atoms with Crippen LogP contribution in [0.15, 0.2) is 54.0 Å². The Morgan fingerprint density at radius 2 is 2.04 bits per heavy atom. The molecule has 0 aliphatic carbocycles. The van der Waals surface area contributed by atoms with E-state index in [1.165, 1.54) is 6.07 Å². The number of benzene rings is 1. The van der Waals surface area contributed by atoms with Gasteiger partial charge in [0.1, 0.15) is 5.82 Å². The molecule has 0 N–H and O–H groups in total. The van der Waals surface area contributed by atoms with Gasteiger partial charge < -0.3 is 9.47 Å². The molecule has 2 heterocycles. The Hall–Kier alpha value is -2.11. The lowest BCUT2D eigenvalue weighted by molar-refractivity contribution is -0.131. The monoisotopic (exact) mass is 376 g/mol. The van der Waals surface area contributed by atoms with E-state index in [4.69, 9.17) is 11.6 Å². The normalized spacial score (nSPS) is 10.8. The number of amides is 1. The molecule has 3 aromatic rings. The average Bonchev–Trinajstić information content (AvgIpc) is 3.23. The zero-order valence-electron chi connectivity index (χ0n) is 13.8. The van der Waals surface area contributed by atoms with Crippen molar-refractivity contribution in [3.8, 4) is 0 Å². The summed E-state index contributed by atoms with van der Waals surface area (Å²) in [5.74, 6) is -0.600. The van der Waals surface area contributed by atoms with Gasteiger partial charge in [-0.15, -0.1) is 11.3 Å². The molecule has 0 saturated carbocycles. The third-order valence-electron chi connectivity index (χ3n) is 4.07. The van der Waals surface area contributed by atoms with Gasteiger partial charge in [0.2, 0.25) is 5.91 Å². The maximum Gasteiger partial charge on any atom is 0.227 e. The van der Waals surface area contributed by atoms with Crippen LogP contribution in [0.1, 0.15) is 16.1 Å². The number of halogens is 2. The minimum absolute atomic E-state index is 0.0543. The molecule has 6 heteroatoms. The van der Waals surface area contributed by atoms with Crippen LogP contribution in [0.2, 0.25) is 5.02 Å². The van der Waals surface area contributed by atoms with Crippen LogP contribution in [0.5, 0.6) is 0 Å². The quantitative estimate of drug-likeness (QED) is 0.614. The lowest BCUT2D eigenvalue weighted by Crippen LogP contribution is -2.32. The summed E-state index contributed by atoms with van der Waals surface area (Å²) in [5, 5.41) is 2.26. The van der Waals surface area contributed by atoms with Crippen LogP contribution in [-0.4, -0.2) is 15.4 Å². The van der Waals surface area contributed by atoms with Crippen molar-refractivity contribution in [1.29, 1.82) is 0 Å². The molecule has 2 aromatic heterocycles. The predicted molar refractivity (Wildman–Crippen MR) is 99.1 cm³/mol. The van der Waals surface area contributed by atoms with E-state index >= 15 is 0 Å². The minimum Gasteiger partial charge on any atom is -0.353 e.